The Morgan fingerprint density at radius 2 is 2.06 bits per heavy atom. The van der Waals surface area contributed by atoms with E-state index in [1.54, 1.807) is 12.3 Å². The molecule has 2 rings (SSSR count). The highest BCUT2D eigenvalue weighted by Gasteiger charge is 2.15. The van der Waals surface area contributed by atoms with E-state index in [4.69, 9.17) is 11.6 Å². The average molecular weight is 250 g/mol. The maximum absolute atomic E-state index is 12.9. The van der Waals surface area contributed by atoms with Crippen LogP contribution in [0.3, 0.4) is 0 Å². The van der Waals surface area contributed by atoms with Gasteiger partial charge in [0.15, 0.2) is 5.78 Å². The molecule has 0 bridgehead atoms. The van der Waals surface area contributed by atoms with Gasteiger partial charge in [-0.1, -0.05) is 11.6 Å². The molecule has 0 fully saturated rings. The van der Waals surface area contributed by atoms with E-state index in [0.717, 1.165) is 11.6 Å². The van der Waals surface area contributed by atoms with Gasteiger partial charge in [0.2, 0.25) is 0 Å². The van der Waals surface area contributed by atoms with Crippen LogP contribution in [-0.4, -0.2) is 10.8 Å². The highest BCUT2D eigenvalue weighted by Crippen LogP contribution is 2.21. The van der Waals surface area contributed by atoms with Gasteiger partial charge in [0.05, 0.1) is 5.02 Å². The molecule has 0 radical (unpaired) electrons. The van der Waals surface area contributed by atoms with Gasteiger partial charge in [-0.15, -0.1) is 0 Å². The Labute approximate surface area is 103 Å². The molecule has 0 aliphatic heterocycles. The summed E-state index contributed by atoms with van der Waals surface area (Å²) in [6, 6.07) is 5.46. The number of aromatic nitrogens is 1. The average Bonchev–Trinajstić information content (AvgIpc) is 2.29. The largest absolute Gasteiger partial charge is 0.288 e. The summed E-state index contributed by atoms with van der Waals surface area (Å²) in [5.74, 6) is -0.713. The van der Waals surface area contributed by atoms with Gasteiger partial charge in [-0.2, -0.15) is 0 Å². The van der Waals surface area contributed by atoms with Crippen LogP contribution in [0.1, 0.15) is 21.5 Å². The molecular weight excluding hydrogens is 241 g/mol. The van der Waals surface area contributed by atoms with Crippen LogP contribution in [0.15, 0.2) is 36.7 Å². The fourth-order valence-corrected chi connectivity index (χ4v) is 1.77. The highest BCUT2D eigenvalue weighted by molar-refractivity contribution is 6.35. The second-order valence-corrected chi connectivity index (χ2v) is 4.05. The van der Waals surface area contributed by atoms with Crippen molar-refractivity contribution in [3.63, 3.8) is 0 Å². The molecule has 86 valence electrons. The summed E-state index contributed by atoms with van der Waals surface area (Å²) in [4.78, 5) is 16.1. The first-order valence-corrected chi connectivity index (χ1v) is 5.38. The van der Waals surface area contributed by atoms with Gasteiger partial charge in [0.25, 0.3) is 0 Å². The van der Waals surface area contributed by atoms with Crippen molar-refractivity contribution >= 4 is 17.4 Å². The number of ketones is 1. The molecule has 0 saturated carbocycles. The van der Waals surface area contributed by atoms with Gasteiger partial charge in [-0.25, -0.2) is 4.39 Å². The van der Waals surface area contributed by atoms with Crippen molar-refractivity contribution in [3.8, 4) is 0 Å². The monoisotopic (exact) mass is 249 g/mol. The Bertz CT molecular complexity index is 583. The van der Waals surface area contributed by atoms with Crippen LogP contribution in [0.4, 0.5) is 4.39 Å². The standard InChI is InChI=1S/C13H9ClFNO/c1-8-4-5-16-7-11(8)13(17)10-3-2-9(15)6-12(10)14/h2-7H,1H3. The maximum Gasteiger partial charge on any atom is 0.196 e. The number of aryl methyl sites for hydroxylation is 1. The molecule has 0 atom stereocenters. The highest BCUT2D eigenvalue weighted by atomic mass is 35.5. The molecule has 4 heteroatoms. The number of hydrogen-bond donors (Lipinski definition) is 0. The smallest absolute Gasteiger partial charge is 0.196 e. The van der Waals surface area contributed by atoms with Crippen LogP contribution in [0.25, 0.3) is 0 Å². The molecule has 2 aromatic rings. The van der Waals surface area contributed by atoms with Crippen LogP contribution in [0, 0.1) is 12.7 Å². The van der Waals surface area contributed by atoms with E-state index in [-0.39, 0.29) is 16.4 Å². The number of hydrogen-bond acceptors (Lipinski definition) is 2. The number of benzene rings is 1. The molecular formula is C13H9ClFNO. The predicted molar refractivity (Wildman–Crippen MR) is 63.8 cm³/mol. The molecule has 1 heterocycles. The van der Waals surface area contributed by atoms with E-state index in [0.29, 0.717) is 5.56 Å². The van der Waals surface area contributed by atoms with E-state index >= 15 is 0 Å². The second kappa shape index (κ2) is 4.63. The van der Waals surface area contributed by atoms with Crippen molar-refractivity contribution in [1.82, 2.24) is 4.98 Å². The zero-order chi connectivity index (χ0) is 12.4. The van der Waals surface area contributed by atoms with E-state index in [9.17, 15) is 9.18 Å². The first-order chi connectivity index (χ1) is 8.09. The number of carbonyl (C=O) groups is 1. The van der Waals surface area contributed by atoms with Crippen LogP contribution in [0.2, 0.25) is 5.02 Å². The van der Waals surface area contributed by atoms with Crippen molar-refractivity contribution in [2.45, 2.75) is 6.92 Å². The van der Waals surface area contributed by atoms with E-state index < -0.39 is 5.82 Å². The Kier molecular flexibility index (Phi) is 3.20. The Hall–Kier alpha value is -1.74. The predicted octanol–water partition coefficient (Wildman–Crippen LogP) is 3.41. The second-order valence-electron chi connectivity index (χ2n) is 3.64. The van der Waals surface area contributed by atoms with Gasteiger partial charge < -0.3 is 0 Å². The van der Waals surface area contributed by atoms with Gasteiger partial charge >= 0.3 is 0 Å². The third kappa shape index (κ3) is 2.34. The van der Waals surface area contributed by atoms with Crippen LogP contribution >= 0.6 is 11.6 Å². The summed E-state index contributed by atoms with van der Waals surface area (Å²) in [7, 11) is 0. The lowest BCUT2D eigenvalue weighted by Gasteiger charge is -2.05. The maximum atomic E-state index is 12.9. The molecule has 0 amide bonds. The molecule has 17 heavy (non-hydrogen) atoms. The summed E-state index contributed by atoms with van der Waals surface area (Å²) in [5.41, 5.74) is 1.57. The molecule has 0 unspecified atom stereocenters. The minimum atomic E-state index is -0.463. The third-order valence-corrected chi connectivity index (χ3v) is 2.77. The summed E-state index contributed by atoms with van der Waals surface area (Å²) in [6.07, 6.45) is 3.09. The molecule has 1 aromatic heterocycles. The molecule has 1 aromatic carbocycles. The first-order valence-electron chi connectivity index (χ1n) is 5.00. The van der Waals surface area contributed by atoms with Gasteiger partial charge in [-0.3, -0.25) is 9.78 Å². The van der Waals surface area contributed by atoms with E-state index in [1.807, 2.05) is 6.92 Å². The number of carbonyl (C=O) groups excluding carboxylic acids is 1. The Morgan fingerprint density at radius 1 is 1.29 bits per heavy atom. The van der Waals surface area contributed by atoms with Crippen molar-refractivity contribution < 1.29 is 9.18 Å². The van der Waals surface area contributed by atoms with Crippen molar-refractivity contribution in [2.24, 2.45) is 0 Å². The van der Waals surface area contributed by atoms with Crippen LogP contribution < -0.4 is 0 Å². The summed E-state index contributed by atoms with van der Waals surface area (Å²) >= 11 is 5.85. The minimum Gasteiger partial charge on any atom is -0.288 e. The van der Waals surface area contributed by atoms with Gasteiger partial charge in [0.1, 0.15) is 5.82 Å². The van der Waals surface area contributed by atoms with Crippen LogP contribution in [-0.2, 0) is 0 Å². The zero-order valence-electron chi connectivity index (χ0n) is 9.08. The number of nitrogens with zero attached hydrogens (tertiary/aromatic N) is 1. The lowest BCUT2D eigenvalue weighted by atomic mass is 10.0. The topological polar surface area (TPSA) is 30.0 Å². The number of pyridine rings is 1. The van der Waals surface area contributed by atoms with Crippen molar-refractivity contribution in [2.75, 3.05) is 0 Å². The summed E-state index contributed by atoms with van der Waals surface area (Å²) < 4.78 is 12.9. The number of halogens is 2. The van der Waals surface area contributed by atoms with Gasteiger partial charge in [-0.05, 0) is 36.8 Å². The van der Waals surface area contributed by atoms with E-state index in [1.165, 1.54) is 18.3 Å². The molecule has 0 N–H and O–H groups in total. The Morgan fingerprint density at radius 3 is 2.71 bits per heavy atom. The van der Waals surface area contributed by atoms with E-state index in [2.05, 4.69) is 4.98 Å². The van der Waals surface area contributed by atoms with Gasteiger partial charge in [0, 0.05) is 23.5 Å². The quantitative estimate of drug-likeness (QED) is 0.764. The fourth-order valence-electron chi connectivity index (χ4n) is 1.52. The molecule has 2 nitrogen and oxygen atoms in total. The SMILES string of the molecule is Cc1ccncc1C(=O)c1ccc(F)cc1Cl. The Balaban J connectivity index is 2.48. The van der Waals surface area contributed by atoms with Crippen molar-refractivity contribution in [3.05, 3.63) is 64.2 Å². The normalized spacial score (nSPS) is 10.3. The number of rotatable bonds is 2. The molecule has 0 saturated heterocycles. The molecule has 0 spiro atoms. The summed E-state index contributed by atoms with van der Waals surface area (Å²) in [6.45, 7) is 1.81. The third-order valence-electron chi connectivity index (χ3n) is 2.46. The first kappa shape index (κ1) is 11.7. The lowest BCUT2D eigenvalue weighted by molar-refractivity contribution is 0.103. The molecule has 0 aliphatic carbocycles. The lowest BCUT2D eigenvalue weighted by Crippen LogP contribution is -2.05. The minimum absolute atomic E-state index is 0.109. The zero-order valence-corrected chi connectivity index (χ0v) is 9.83. The molecule has 0 aliphatic rings. The van der Waals surface area contributed by atoms with Crippen molar-refractivity contribution in [1.29, 1.82) is 0 Å². The summed E-state index contributed by atoms with van der Waals surface area (Å²) in [5, 5.41) is 0.109. The fraction of sp³-hybridized carbons (Fsp3) is 0.0769. The van der Waals surface area contributed by atoms with Crippen LogP contribution in [0.5, 0.6) is 0 Å².